The number of carbonyl (C=O) groups is 1. The van der Waals surface area contributed by atoms with Crippen molar-refractivity contribution in [1.82, 2.24) is 5.32 Å². The van der Waals surface area contributed by atoms with Crippen LogP contribution in [0, 0.1) is 0 Å². The molecule has 1 aliphatic rings. The summed E-state index contributed by atoms with van der Waals surface area (Å²) in [6.07, 6.45) is 3.85. The molecule has 2 N–H and O–H groups in total. The van der Waals surface area contributed by atoms with E-state index in [9.17, 15) is 18.3 Å². The molecule has 1 heterocycles. The van der Waals surface area contributed by atoms with Gasteiger partial charge >= 0.3 is 5.97 Å². The van der Waals surface area contributed by atoms with Crippen molar-refractivity contribution in [3.8, 4) is 0 Å². The fourth-order valence-electron chi connectivity index (χ4n) is 3.07. The minimum absolute atomic E-state index is 0.0947. The third-order valence-corrected chi connectivity index (χ3v) is 6.45. The first kappa shape index (κ1) is 19.4. The first-order chi connectivity index (χ1) is 12.9. The lowest BCUT2D eigenvalue weighted by atomic mass is 10.1. The minimum atomic E-state index is -4.00. The zero-order valence-electron chi connectivity index (χ0n) is 14.3. The summed E-state index contributed by atoms with van der Waals surface area (Å²) in [6, 6.07) is 12.4. The quantitative estimate of drug-likeness (QED) is 0.745. The van der Waals surface area contributed by atoms with Gasteiger partial charge < -0.3 is 5.11 Å². The molecular formula is C19H19ClN2O4S. The molecule has 2 aromatic carbocycles. The summed E-state index contributed by atoms with van der Waals surface area (Å²) in [7, 11) is -4.00. The molecule has 0 fully saturated rings. The van der Waals surface area contributed by atoms with Crippen LogP contribution >= 0.6 is 11.6 Å². The summed E-state index contributed by atoms with van der Waals surface area (Å²) < 4.78 is 28.1. The van der Waals surface area contributed by atoms with E-state index in [4.69, 9.17) is 11.6 Å². The Balaban J connectivity index is 2.16. The second-order valence-electron chi connectivity index (χ2n) is 6.09. The number of nitrogens with one attached hydrogen (secondary N) is 1. The highest BCUT2D eigenvalue weighted by atomic mass is 35.5. The van der Waals surface area contributed by atoms with Crippen molar-refractivity contribution >= 4 is 33.3 Å². The van der Waals surface area contributed by atoms with Crippen LogP contribution in [0.2, 0.25) is 5.02 Å². The normalized spacial score (nSPS) is 20.0. The fraction of sp³-hybridized carbons (Fsp3) is 0.211. The molecule has 3 rings (SSSR count). The Morgan fingerprint density at radius 3 is 2.37 bits per heavy atom. The molecule has 0 radical (unpaired) electrons. The van der Waals surface area contributed by atoms with E-state index in [2.05, 4.69) is 5.32 Å². The Kier molecular flexibility index (Phi) is 5.84. The number of benzene rings is 2. The average molecular weight is 407 g/mol. The van der Waals surface area contributed by atoms with E-state index in [1.54, 1.807) is 54.6 Å². The van der Waals surface area contributed by atoms with E-state index in [1.165, 1.54) is 16.4 Å². The van der Waals surface area contributed by atoms with Gasteiger partial charge in [0.25, 0.3) is 10.0 Å². The molecule has 0 spiro atoms. The Labute approximate surface area is 163 Å². The molecular weight excluding hydrogens is 388 g/mol. The first-order valence-corrected chi connectivity index (χ1v) is 10.2. The summed E-state index contributed by atoms with van der Waals surface area (Å²) in [5, 5.41) is 13.0. The van der Waals surface area contributed by atoms with Crippen LogP contribution in [0.4, 0.5) is 5.69 Å². The van der Waals surface area contributed by atoms with Gasteiger partial charge in [0.05, 0.1) is 16.6 Å². The van der Waals surface area contributed by atoms with Gasteiger partial charge in [-0.2, -0.15) is 0 Å². The highest BCUT2D eigenvalue weighted by Gasteiger charge is 2.39. The average Bonchev–Trinajstić information content (AvgIpc) is 2.90. The van der Waals surface area contributed by atoms with Crippen molar-refractivity contribution in [3.05, 3.63) is 71.8 Å². The summed E-state index contributed by atoms with van der Waals surface area (Å²) in [5.41, 5.74) is 0.358. The molecule has 0 saturated heterocycles. The Morgan fingerprint density at radius 1 is 1.07 bits per heavy atom. The largest absolute Gasteiger partial charge is 0.480 e. The van der Waals surface area contributed by atoms with Gasteiger partial charge in [-0.3, -0.25) is 14.4 Å². The van der Waals surface area contributed by atoms with Crippen molar-refractivity contribution in [2.45, 2.75) is 23.4 Å². The van der Waals surface area contributed by atoms with Crippen molar-refractivity contribution in [2.75, 3.05) is 10.8 Å². The maximum atomic E-state index is 13.4. The van der Waals surface area contributed by atoms with E-state index in [0.717, 1.165) is 0 Å². The van der Waals surface area contributed by atoms with Gasteiger partial charge in [0.2, 0.25) is 0 Å². The van der Waals surface area contributed by atoms with E-state index in [0.29, 0.717) is 17.3 Å². The molecule has 8 heteroatoms. The van der Waals surface area contributed by atoms with Crippen LogP contribution in [0.25, 0.3) is 0 Å². The topological polar surface area (TPSA) is 86.7 Å². The third kappa shape index (κ3) is 4.16. The number of nitrogens with zero attached hydrogens (tertiary/aromatic N) is 1. The zero-order valence-corrected chi connectivity index (χ0v) is 15.9. The van der Waals surface area contributed by atoms with Gasteiger partial charge in [-0.1, -0.05) is 42.0 Å². The number of carboxylic acid groups (broad SMARTS) is 1. The van der Waals surface area contributed by atoms with E-state index in [1.807, 2.05) is 0 Å². The number of anilines is 1. The number of hydrogen-bond acceptors (Lipinski definition) is 4. The monoisotopic (exact) mass is 406 g/mol. The number of hydrogen-bond donors (Lipinski definition) is 2. The van der Waals surface area contributed by atoms with Crippen LogP contribution in [0.3, 0.4) is 0 Å². The van der Waals surface area contributed by atoms with Gasteiger partial charge in [-0.25, -0.2) is 8.42 Å². The standard InChI is InChI=1S/C19H19ClN2O4S/c20-14-9-11-15(12-10-14)22(27(25,26)16-6-2-1-3-7-16)17-8-4-5-13-21-18(17)19(23)24/h1-7,9-12,17-18,21H,8,13H2,(H,23,24). The van der Waals surface area contributed by atoms with E-state index >= 15 is 0 Å². The molecule has 27 heavy (non-hydrogen) atoms. The maximum Gasteiger partial charge on any atom is 0.322 e. The summed E-state index contributed by atoms with van der Waals surface area (Å²) in [4.78, 5) is 11.9. The molecule has 2 unspecified atom stereocenters. The molecule has 1 aliphatic heterocycles. The smallest absolute Gasteiger partial charge is 0.322 e. The van der Waals surface area contributed by atoms with Gasteiger partial charge in [-0.05, 0) is 42.8 Å². The lowest BCUT2D eigenvalue weighted by molar-refractivity contribution is -0.139. The first-order valence-electron chi connectivity index (χ1n) is 8.37. The second kappa shape index (κ2) is 8.12. The third-order valence-electron chi connectivity index (χ3n) is 4.33. The molecule has 6 nitrogen and oxygen atoms in total. The van der Waals surface area contributed by atoms with Crippen LogP contribution in [0.5, 0.6) is 0 Å². The predicted molar refractivity (Wildman–Crippen MR) is 105 cm³/mol. The fourth-order valence-corrected chi connectivity index (χ4v) is 4.89. The molecule has 2 atom stereocenters. The summed E-state index contributed by atoms with van der Waals surface area (Å²) in [6.45, 7) is 0.354. The lowest BCUT2D eigenvalue weighted by Crippen LogP contribution is -2.55. The number of sulfonamides is 1. The molecule has 142 valence electrons. The minimum Gasteiger partial charge on any atom is -0.480 e. The molecule has 0 aromatic heterocycles. The van der Waals surface area contributed by atoms with Gasteiger partial charge in [0, 0.05) is 11.6 Å². The van der Waals surface area contributed by atoms with Crippen LogP contribution in [-0.2, 0) is 14.8 Å². The Hall–Kier alpha value is -2.35. The van der Waals surface area contributed by atoms with Crippen molar-refractivity contribution < 1.29 is 18.3 Å². The Bertz CT molecular complexity index is 930. The number of aliphatic carboxylic acids is 1. The van der Waals surface area contributed by atoms with Crippen LogP contribution in [0.1, 0.15) is 6.42 Å². The van der Waals surface area contributed by atoms with Gasteiger partial charge in [0.15, 0.2) is 0 Å². The van der Waals surface area contributed by atoms with Crippen LogP contribution in [0.15, 0.2) is 71.6 Å². The van der Waals surface area contributed by atoms with Crippen molar-refractivity contribution in [1.29, 1.82) is 0 Å². The van der Waals surface area contributed by atoms with E-state index < -0.39 is 28.1 Å². The summed E-state index contributed by atoms with van der Waals surface area (Å²) >= 11 is 5.95. The highest BCUT2D eigenvalue weighted by Crippen LogP contribution is 2.30. The SMILES string of the molecule is O=C(O)C1NCC=CCC1N(c1ccc(Cl)cc1)S(=O)(=O)c1ccccc1. The highest BCUT2D eigenvalue weighted by molar-refractivity contribution is 7.92. The Morgan fingerprint density at radius 2 is 1.74 bits per heavy atom. The van der Waals surface area contributed by atoms with E-state index in [-0.39, 0.29) is 11.3 Å². The van der Waals surface area contributed by atoms with Crippen LogP contribution in [-0.4, -0.2) is 38.1 Å². The molecule has 0 aliphatic carbocycles. The lowest BCUT2D eigenvalue weighted by Gasteiger charge is -2.35. The van der Waals surface area contributed by atoms with Gasteiger partial charge in [-0.15, -0.1) is 0 Å². The zero-order chi connectivity index (χ0) is 19.4. The predicted octanol–water partition coefficient (Wildman–Crippen LogP) is 2.91. The van der Waals surface area contributed by atoms with Gasteiger partial charge in [0.1, 0.15) is 6.04 Å². The van der Waals surface area contributed by atoms with Crippen LogP contribution < -0.4 is 9.62 Å². The molecule has 0 amide bonds. The van der Waals surface area contributed by atoms with Crippen molar-refractivity contribution in [2.24, 2.45) is 0 Å². The summed E-state index contributed by atoms with van der Waals surface area (Å²) in [5.74, 6) is -1.11. The molecule has 0 saturated carbocycles. The number of halogens is 1. The molecule has 2 aromatic rings. The number of carboxylic acids is 1. The second-order valence-corrected chi connectivity index (χ2v) is 8.34. The number of rotatable bonds is 5. The molecule has 0 bridgehead atoms. The maximum absolute atomic E-state index is 13.4. The van der Waals surface area contributed by atoms with Crippen molar-refractivity contribution in [3.63, 3.8) is 0 Å².